The van der Waals surface area contributed by atoms with Crippen molar-refractivity contribution in [3.8, 4) is 0 Å². The van der Waals surface area contributed by atoms with E-state index in [0.29, 0.717) is 39.0 Å². The Balaban J connectivity index is 1.74. The minimum absolute atomic E-state index is 0.160. The minimum atomic E-state index is -0.222. The Labute approximate surface area is 95.8 Å². The molecular formula is C11H20N2O3. The van der Waals surface area contributed by atoms with Crippen LogP contribution in [0, 0.1) is 0 Å². The number of nitrogens with one attached hydrogen (secondary N) is 1. The number of hydrogen-bond acceptors (Lipinski definition) is 4. The maximum Gasteiger partial charge on any atom is 0.224 e. The first-order valence-corrected chi connectivity index (χ1v) is 6.02. The molecular weight excluding hydrogens is 208 g/mol. The summed E-state index contributed by atoms with van der Waals surface area (Å²) in [5, 5.41) is 12.6. The van der Waals surface area contributed by atoms with E-state index in [1.54, 1.807) is 0 Å². The molecule has 2 saturated heterocycles. The predicted octanol–water partition coefficient (Wildman–Crippen LogP) is -0.652. The highest BCUT2D eigenvalue weighted by atomic mass is 16.5. The largest absolute Gasteiger partial charge is 0.393 e. The number of piperidine rings is 1. The van der Waals surface area contributed by atoms with Crippen LogP contribution in [0.1, 0.15) is 19.3 Å². The van der Waals surface area contributed by atoms with Crippen LogP contribution in [-0.4, -0.2) is 60.9 Å². The highest BCUT2D eigenvalue weighted by Crippen LogP contribution is 2.12. The molecule has 92 valence electrons. The van der Waals surface area contributed by atoms with Crippen molar-refractivity contribution in [2.24, 2.45) is 0 Å². The molecule has 0 radical (unpaired) electrons. The van der Waals surface area contributed by atoms with Gasteiger partial charge in [0.05, 0.1) is 19.3 Å². The highest BCUT2D eigenvalue weighted by molar-refractivity contribution is 5.77. The van der Waals surface area contributed by atoms with E-state index >= 15 is 0 Å². The normalized spacial score (nSPS) is 28.1. The van der Waals surface area contributed by atoms with Gasteiger partial charge in [0.1, 0.15) is 0 Å². The second-order valence-corrected chi connectivity index (χ2v) is 4.54. The van der Waals surface area contributed by atoms with Crippen molar-refractivity contribution < 1.29 is 14.6 Å². The summed E-state index contributed by atoms with van der Waals surface area (Å²) in [5.41, 5.74) is 0. The Morgan fingerprint density at radius 1 is 1.44 bits per heavy atom. The lowest BCUT2D eigenvalue weighted by atomic mass is 10.1. The molecule has 16 heavy (non-hydrogen) atoms. The van der Waals surface area contributed by atoms with Crippen LogP contribution in [0.3, 0.4) is 0 Å². The Hall–Kier alpha value is -0.650. The van der Waals surface area contributed by atoms with Gasteiger partial charge in [0.25, 0.3) is 0 Å². The molecule has 0 aromatic heterocycles. The van der Waals surface area contributed by atoms with Crippen molar-refractivity contribution in [2.45, 2.75) is 31.4 Å². The number of likely N-dealkylation sites (tertiary alicyclic amines) is 1. The van der Waals surface area contributed by atoms with Crippen molar-refractivity contribution in [3.05, 3.63) is 0 Å². The van der Waals surface area contributed by atoms with Gasteiger partial charge in [-0.1, -0.05) is 0 Å². The van der Waals surface area contributed by atoms with Gasteiger partial charge in [-0.25, -0.2) is 0 Å². The smallest absolute Gasteiger partial charge is 0.224 e. The molecule has 1 amide bonds. The van der Waals surface area contributed by atoms with Gasteiger partial charge in [-0.2, -0.15) is 0 Å². The summed E-state index contributed by atoms with van der Waals surface area (Å²) in [6.07, 6.45) is 1.71. The van der Waals surface area contributed by atoms with E-state index in [0.717, 1.165) is 13.2 Å². The zero-order valence-electron chi connectivity index (χ0n) is 9.52. The molecule has 5 heteroatoms. The van der Waals surface area contributed by atoms with E-state index in [1.165, 1.54) is 0 Å². The predicted molar refractivity (Wildman–Crippen MR) is 59.0 cm³/mol. The maximum atomic E-state index is 11.9. The second kappa shape index (κ2) is 5.61. The lowest BCUT2D eigenvalue weighted by molar-refractivity contribution is -0.134. The molecule has 2 rings (SSSR count). The first-order chi connectivity index (χ1) is 7.75. The van der Waals surface area contributed by atoms with Gasteiger partial charge in [0.15, 0.2) is 0 Å². The fourth-order valence-corrected chi connectivity index (χ4v) is 2.21. The Bertz CT molecular complexity index is 233. The van der Waals surface area contributed by atoms with Gasteiger partial charge in [0.2, 0.25) is 5.91 Å². The molecule has 2 fully saturated rings. The molecule has 0 saturated carbocycles. The summed E-state index contributed by atoms with van der Waals surface area (Å²) >= 11 is 0. The molecule has 0 aromatic rings. The SMILES string of the molecule is O=C(CC1COCCN1)N1CCC(O)CC1. The Kier molecular flexibility index (Phi) is 4.15. The number of carbonyl (C=O) groups is 1. The van der Waals surface area contributed by atoms with Gasteiger partial charge in [-0.15, -0.1) is 0 Å². The number of carbonyl (C=O) groups excluding carboxylic acids is 1. The number of morpholine rings is 1. The van der Waals surface area contributed by atoms with Crippen LogP contribution in [-0.2, 0) is 9.53 Å². The molecule has 2 N–H and O–H groups in total. The molecule has 5 nitrogen and oxygen atoms in total. The minimum Gasteiger partial charge on any atom is -0.393 e. The molecule has 0 bridgehead atoms. The van der Waals surface area contributed by atoms with E-state index in [2.05, 4.69) is 5.32 Å². The number of nitrogens with zero attached hydrogens (tertiary/aromatic N) is 1. The summed E-state index contributed by atoms with van der Waals surface area (Å²) < 4.78 is 5.31. The summed E-state index contributed by atoms with van der Waals surface area (Å²) in [6, 6.07) is 0.160. The quantitative estimate of drug-likeness (QED) is 0.659. The van der Waals surface area contributed by atoms with E-state index in [1.807, 2.05) is 4.90 Å². The second-order valence-electron chi connectivity index (χ2n) is 4.54. The van der Waals surface area contributed by atoms with Gasteiger partial charge in [-0.3, -0.25) is 4.79 Å². The van der Waals surface area contributed by atoms with Crippen LogP contribution in [0.2, 0.25) is 0 Å². The van der Waals surface area contributed by atoms with Crippen LogP contribution in [0.15, 0.2) is 0 Å². The van der Waals surface area contributed by atoms with E-state index in [9.17, 15) is 9.90 Å². The van der Waals surface area contributed by atoms with Crippen LogP contribution >= 0.6 is 0 Å². The molecule has 0 aromatic carbocycles. The van der Waals surface area contributed by atoms with E-state index in [-0.39, 0.29) is 18.1 Å². The average molecular weight is 228 g/mol. The van der Waals surface area contributed by atoms with Gasteiger partial charge in [0, 0.05) is 32.1 Å². The van der Waals surface area contributed by atoms with E-state index < -0.39 is 0 Å². The fraction of sp³-hybridized carbons (Fsp3) is 0.909. The fourth-order valence-electron chi connectivity index (χ4n) is 2.21. The standard InChI is InChI=1S/C11H20N2O3/c14-10-1-4-13(5-2-10)11(15)7-9-8-16-6-3-12-9/h9-10,12,14H,1-8H2. The molecule has 2 aliphatic rings. The number of rotatable bonds is 2. The number of ether oxygens (including phenoxy) is 1. The molecule has 2 aliphatic heterocycles. The van der Waals surface area contributed by atoms with Crippen LogP contribution in [0.5, 0.6) is 0 Å². The molecule has 2 heterocycles. The molecule has 0 spiro atoms. The lowest BCUT2D eigenvalue weighted by Gasteiger charge is -2.31. The van der Waals surface area contributed by atoms with Gasteiger partial charge >= 0.3 is 0 Å². The summed E-state index contributed by atoms with van der Waals surface area (Å²) in [5.74, 6) is 0.176. The monoisotopic (exact) mass is 228 g/mol. The molecule has 0 aliphatic carbocycles. The van der Waals surface area contributed by atoms with E-state index in [4.69, 9.17) is 4.74 Å². The Morgan fingerprint density at radius 2 is 2.19 bits per heavy atom. The number of hydrogen-bond donors (Lipinski definition) is 2. The van der Waals surface area contributed by atoms with Crippen molar-refractivity contribution in [2.75, 3.05) is 32.8 Å². The average Bonchev–Trinajstić information content (AvgIpc) is 2.31. The third kappa shape index (κ3) is 3.17. The first kappa shape index (κ1) is 11.8. The van der Waals surface area contributed by atoms with Crippen molar-refractivity contribution >= 4 is 5.91 Å². The molecule has 1 atom stereocenters. The third-order valence-corrected chi connectivity index (χ3v) is 3.24. The van der Waals surface area contributed by atoms with Crippen molar-refractivity contribution in [1.82, 2.24) is 10.2 Å². The lowest BCUT2D eigenvalue weighted by Crippen LogP contribution is -2.47. The van der Waals surface area contributed by atoms with Gasteiger partial charge < -0.3 is 20.1 Å². The van der Waals surface area contributed by atoms with Crippen molar-refractivity contribution in [3.63, 3.8) is 0 Å². The first-order valence-electron chi connectivity index (χ1n) is 6.02. The van der Waals surface area contributed by atoms with Gasteiger partial charge in [-0.05, 0) is 12.8 Å². The highest BCUT2D eigenvalue weighted by Gasteiger charge is 2.24. The zero-order chi connectivity index (χ0) is 11.4. The maximum absolute atomic E-state index is 11.9. The third-order valence-electron chi connectivity index (χ3n) is 3.24. The summed E-state index contributed by atoms with van der Waals surface area (Å²) in [4.78, 5) is 13.8. The van der Waals surface area contributed by atoms with Crippen molar-refractivity contribution in [1.29, 1.82) is 0 Å². The summed E-state index contributed by atoms with van der Waals surface area (Å²) in [7, 11) is 0. The van der Waals surface area contributed by atoms with Crippen LogP contribution in [0.4, 0.5) is 0 Å². The number of aliphatic hydroxyl groups excluding tert-OH is 1. The number of aliphatic hydroxyl groups is 1. The van der Waals surface area contributed by atoms with Crippen LogP contribution in [0.25, 0.3) is 0 Å². The Morgan fingerprint density at radius 3 is 2.81 bits per heavy atom. The van der Waals surface area contributed by atoms with Crippen LogP contribution < -0.4 is 5.32 Å². The topological polar surface area (TPSA) is 61.8 Å². The number of amides is 1. The zero-order valence-corrected chi connectivity index (χ0v) is 9.52. The summed E-state index contributed by atoms with van der Waals surface area (Å²) in [6.45, 7) is 3.57. The molecule has 1 unspecified atom stereocenters.